The molecule has 0 saturated carbocycles. The zero-order valence-corrected chi connectivity index (χ0v) is 14.7. The summed E-state index contributed by atoms with van der Waals surface area (Å²) in [6.45, 7) is 1.70. The molecule has 1 fully saturated rings. The molecule has 2 amide bonds. The van der Waals surface area contributed by atoms with Crippen molar-refractivity contribution < 1.29 is 27.5 Å². The summed E-state index contributed by atoms with van der Waals surface area (Å²) >= 11 is 1.20. The second kappa shape index (κ2) is 5.91. The highest BCUT2D eigenvalue weighted by atomic mass is 32.2. The van der Waals surface area contributed by atoms with Gasteiger partial charge in [-0.2, -0.15) is 0 Å². The molecule has 2 aromatic rings. The fourth-order valence-corrected chi connectivity index (χ4v) is 4.84. The van der Waals surface area contributed by atoms with E-state index in [1.807, 2.05) is 0 Å². The summed E-state index contributed by atoms with van der Waals surface area (Å²) in [5.41, 5.74) is 1.57. The van der Waals surface area contributed by atoms with Crippen LogP contribution >= 0.6 is 11.8 Å². The largest absolute Gasteiger partial charge is 0.573 e. The second-order valence-corrected chi connectivity index (χ2v) is 7.65. The highest BCUT2D eigenvalue weighted by Gasteiger charge is 2.60. The Bertz CT molecular complexity index is 932. The summed E-state index contributed by atoms with van der Waals surface area (Å²) in [4.78, 5) is 25.8. The average Bonchev–Trinajstić information content (AvgIpc) is 3.02. The van der Waals surface area contributed by atoms with Gasteiger partial charge in [0.1, 0.15) is 5.75 Å². The van der Waals surface area contributed by atoms with E-state index >= 15 is 0 Å². The maximum atomic E-state index is 12.9. The van der Waals surface area contributed by atoms with Crippen LogP contribution in [0.4, 0.5) is 24.5 Å². The van der Waals surface area contributed by atoms with E-state index in [4.69, 9.17) is 0 Å². The highest BCUT2D eigenvalue weighted by molar-refractivity contribution is 8.03. The van der Waals surface area contributed by atoms with Crippen LogP contribution in [0.2, 0.25) is 0 Å². The number of amides is 2. The van der Waals surface area contributed by atoms with E-state index < -0.39 is 22.2 Å². The number of ether oxygens (including phenoxy) is 1. The predicted molar refractivity (Wildman–Crippen MR) is 94.4 cm³/mol. The van der Waals surface area contributed by atoms with Gasteiger partial charge in [0, 0.05) is 16.9 Å². The van der Waals surface area contributed by atoms with Crippen LogP contribution in [0.1, 0.15) is 12.5 Å². The molecular weight excluding hydrogens is 381 g/mol. The first-order chi connectivity index (χ1) is 12.7. The van der Waals surface area contributed by atoms with E-state index in [0.29, 0.717) is 16.9 Å². The molecule has 0 radical (unpaired) electrons. The summed E-state index contributed by atoms with van der Waals surface area (Å²) in [5.74, 6) is -1.05. The third-order valence-electron chi connectivity index (χ3n) is 4.41. The van der Waals surface area contributed by atoms with E-state index in [0.717, 1.165) is 12.1 Å². The lowest BCUT2D eigenvalue weighted by molar-refractivity contribution is -0.274. The number of rotatable bonds is 2. The number of anilines is 2. The Hall–Kier alpha value is -2.68. The van der Waals surface area contributed by atoms with E-state index in [1.165, 1.54) is 28.8 Å². The van der Waals surface area contributed by atoms with Crippen LogP contribution < -0.4 is 15.0 Å². The van der Waals surface area contributed by atoms with Gasteiger partial charge >= 0.3 is 6.36 Å². The number of halogens is 3. The Balaban J connectivity index is 1.79. The number of para-hydroxylation sites is 1. The van der Waals surface area contributed by atoms with E-state index in [9.17, 15) is 22.8 Å². The number of alkyl halides is 3. The van der Waals surface area contributed by atoms with E-state index in [-0.39, 0.29) is 11.8 Å². The molecule has 1 N–H and O–H groups in total. The molecule has 0 bridgehead atoms. The van der Waals surface area contributed by atoms with Crippen LogP contribution in [0, 0.1) is 0 Å². The average molecular weight is 394 g/mol. The zero-order chi connectivity index (χ0) is 19.4. The minimum atomic E-state index is -4.80. The predicted octanol–water partition coefficient (Wildman–Crippen LogP) is 3.86. The van der Waals surface area contributed by atoms with Crippen LogP contribution in [-0.2, 0) is 14.5 Å². The fourth-order valence-electron chi connectivity index (χ4n) is 3.36. The zero-order valence-electron chi connectivity index (χ0n) is 13.9. The van der Waals surface area contributed by atoms with Crippen molar-refractivity contribution in [1.82, 2.24) is 0 Å². The fraction of sp³-hybridized carbons (Fsp3) is 0.222. The molecule has 4 rings (SSSR count). The number of nitrogens with zero attached hydrogens (tertiary/aromatic N) is 1. The van der Waals surface area contributed by atoms with Crippen molar-refractivity contribution in [2.24, 2.45) is 0 Å². The summed E-state index contributed by atoms with van der Waals surface area (Å²) in [5, 5.41) is 2.29. The maximum absolute atomic E-state index is 12.9. The monoisotopic (exact) mass is 394 g/mol. The van der Waals surface area contributed by atoms with Gasteiger partial charge in [-0.25, -0.2) is 0 Å². The maximum Gasteiger partial charge on any atom is 0.573 e. The lowest BCUT2D eigenvalue weighted by Gasteiger charge is -2.32. The Morgan fingerprint density at radius 2 is 1.78 bits per heavy atom. The lowest BCUT2D eigenvalue weighted by Crippen LogP contribution is -2.47. The SMILES string of the molecule is C[C@H]1S[C@@]2(C(=O)Nc3ccccc32)N(c2ccc(OC(F)(F)F)cc2)C1=O. The lowest BCUT2D eigenvalue weighted by atomic mass is 10.0. The quantitative estimate of drug-likeness (QED) is 0.841. The van der Waals surface area contributed by atoms with Gasteiger partial charge < -0.3 is 10.1 Å². The Morgan fingerprint density at radius 1 is 1.11 bits per heavy atom. The molecule has 2 atom stereocenters. The minimum absolute atomic E-state index is 0.295. The van der Waals surface area contributed by atoms with Crippen molar-refractivity contribution in [2.45, 2.75) is 23.4 Å². The standard InChI is InChI=1S/C18H13F3N2O3S/c1-10-15(24)23(11-6-8-12(9-7-11)26-18(19,20)21)17(27-10)13-4-2-3-5-14(13)22-16(17)25/h2-10H,1H3,(H,22,25)/t10-,17+/m1/s1. The molecule has 1 saturated heterocycles. The van der Waals surface area contributed by atoms with Crippen LogP contribution in [0.3, 0.4) is 0 Å². The van der Waals surface area contributed by atoms with Gasteiger partial charge in [-0.05, 0) is 37.3 Å². The van der Waals surface area contributed by atoms with Gasteiger partial charge in [0.2, 0.25) is 10.8 Å². The van der Waals surface area contributed by atoms with Crippen molar-refractivity contribution in [3.63, 3.8) is 0 Å². The first-order valence-corrected chi connectivity index (χ1v) is 8.89. The minimum Gasteiger partial charge on any atom is -0.406 e. The number of hydrogen-bond acceptors (Lipinski definition) is 4. The molecular formula is C18H13F3N2O3S. The number of hydrogen-bond donors (Lipinski definition) is 1. The molecule has 5 nitrogen and oxygen atoms in total. The Labute approximate surface area is 156 Å². The third kappa shape index (κ3) is 2.73. The van der Waals surface area contributed by atoms with Crippen molar-refractivity contribution in [2.75, 3.05) is 10.2 Å². The van der Waals surface area contributed by atoms with Crippen LogP contribution in [0.5, 0.6) is 5.75 Å². The van der Waals surface area contributed by atoms with Gasteiger partial charge in [0.05, 0.1) is 5.25 Å². The molecule has 140 valence electrons. The van der Waals surface area contributed by atoms with Gasteiger partial charge in [-0.3, -0.25) is 14.5 Å². The third-order valence-corrected chi connectivity index (χ3v) is 5.89. The first kappa shape index (κ1) is 17.7. The van der Waals surface area contributed by atoms with Crippen LogP contribution in [-0.4, -0.2) is 23.4 Å². The molecule has 9 heteroatoms. The Morgan fingerprint density at radius 3 is 2.44 bits per heavy atom. The summed E-state index contributed by atoms with van der Waals surface area (Å²) in [6.07, 6.45) is -4.80. The molecule has 2 aliphatic rings. The molecule has 27 heavy (non-hydrogen) atoms. The smallest absolute Gasteiger partial charge is 0.406 e. The number of nitrogens with one attached hydrogen (secondary N) is 1. The van der Waals surface area contributed by atoms with Gasteiger partial charge in [0.25, 0.3) is 5.91 Å². The van der Waals surface area contributed by atoms with E-state index in [2.05, 4.69) is 10.1 Å². The number of carbonyl (C=O) groups is 2. The molecule has 2 heterocycles. The molecule has 2 aliphatic heterocycles. The molecule has 0 aromatic heterocycles. The molecule has 1 spiro atoms. The van der Waals surface area contributed by atoms with Gasteiger partial charge in [-0.1, -0.05) is 18.2 Å². The number of fused-ring (bicyclic) bond motifs is 2. The van der Waals surface area contributed by atoms with Crippen molar-refractivity contribution in [3.8, 4) is 5.75 Å². The van der Waals surface area contributed by atoms with Crippen LogP contribution in [0.25, 0.3) is 0 Å². The Kier molecular flexibility index (Phi) is 3.88. The van der Waals surface area contributed by atoms with Crippen molar-refractivity contribution in [1.29, 1.82) is 0 Å². The van der Waals surface area contributed by atoms with Gasteiger partial charge in [0.15, 0.2) is 0 Å². The van der Waals surface area contributed by atoms with Crippen molar-refractivity contribution >= 4 is 35.0 Å². The number of carbonyl (C=O) groups excluding carboxylic acids is 2. The molecule has 0 unspecified atom stereocenters. The summed E-state index contributed by atoms with van der Waals surface area (Å²) < 4.78 is 41.0. The molecule has 2 aromatic carbocycles. The topological polar surface area (TPSA) is 58.6 Å². The highest BCUT2D eigenvalue weighted by Crippen LogP contribution is 2.56. The normalized spacial score (nSPS) is 24.3. The van der Waals surface area contributed by atoms with E-state index in [1.54, 1.807) is 31.2 Å². The summed E-state index contributed by atoms with van der Waals surface area (Å²) in [6, 6.07) is 12.0. The van der Waals surface area contributed by atoms with Crippen molar-refractivity contribution in [3.05, 3.63) is 54.1 Å². The number of benzene rings is 2. The first-order valence-electron chi connectivity index (χ1n) is 8.01. The summed E-state index contributed by atoms with van der Waals surface area (Å²) in [7, 11) is 0. The second-order valence-electron chi connectivity index (χ2n) is 6.12. The van der Waals surface area contributed by atoms with Crippen LogP contribution in [0.15, 0.2) is 48.5 Å². The molecule has 0 aliphatic carbocycles. The van der Waals surface area contributed by atoms with Gasteiger partial charge in [-0.15, -0.1) is 24.9 Å². The number of thioether (sulfide) groups is 1.